The van der Waals surface area contributed by atoms with Gasteiger partial charge in [0.15, 0.2) is 11.5 Å². The van der Waals surface area contributed by atoms with E-state index in [9.17, 15) is 4.79 Å². The van der Waals surface area contributed by atoms with Crippen molar-refractivity contribution >= 4 is 34.2 Å². The van der Waals surface area contributed by atoms with Crippen molar-refractivity contribution in [3.63, 3.8) is 0 Å². The first kappa shape index (κ1) is 25.0. The number of fused-ring (bicyclic) bond motifs is 2. The summed E-state index contributed by atoms with van der Waals surface area (Å²) >= 11 is 1.61. The number of hydrogen-bond donors (Lipinski definition) is 2. The van der Waals surface area contributed by atoms with Gasteiger partial charge >= 0.3 is 0 Å². The van der Waals surface area contributed by atoms with Gasteiger partial charge in [-0.3, -0.25) is 14.3 Å². The third-order valence-electron chi connectivity index (χ3n) is 7.37. The summed E-state index contributed by atoms with van der Waals surface area (Å²) in [7, 11) is 0. The zero-order valence-corrected chi connectivity index (χ0v) is 23.3. The number of aromatic nitrogens is 6. The summed E-state index contributed by atoms with van der Waals surface area (Å²) in [6.45, 7) is 3.94. The lowest BCUT2D eigenvalue weighted by Crippen LogP contribution is -2.27. The van der Waals surface area contributed by atoms with E-state index in [1.807, 2.05) is 54.9 Å². The van der Waals surface area contributed by atoms with Gasteiger partial charge in [-0.15, -0.1) is 11.3 Å². The minimum Gasteiger partial charge on any atom is -0.383 e. The molecule has 7 rings (SSSR count). The molecule has 202 valence electrons. The maximum Gasteiger partial charge on any atom is 0.253 e. The van der Waals surface area contributed by atoms with Crippen LogP contribution < -0.4 is 11.1 Å². The topological polar surface area (TPSA) is 124 Å². The van der Waals surface area contributed by atoms with Gasteiger partial charge in [-0.05, 0) is 86.3 Å². The van der Waals surface area contributed by atoms with E-state index in [-0.39, 0.29) is 11.9 Å². The lowest BCUT2D eigenvalue weighted by Gasteiger charge is -2.16. The molecule has 10 heteroatoms. The van der Waals surface area contributed by atoms with Gasteiger partial charge in [-0.2, -0.15) is 0 Å². The molecule has 0 saturated carbocycles. The number of carbonyl (C=O) groups is 1. The predicted octanol–water partition coefficient (Wildman–Crippen LogP) is 5.62. The second kappa shape index (κ2) is 9.90. The average molecular weight is 559 g/mol. The SMILES string of the molecule is Cc1ccc(C(=O)N[C@H]2CCc3cc(-n4c(-c5cccnc5N)nc5ccc(-c6ncc(C)s6)nc54)ccc32)cn1. The monoisotopic (exact) mass is 558 g/mol. The number of aryl methyl sites for hydroxylation is 3. The van der Waals surface area contributed by atoms with Crippen molar-refractivity contribution in [3.05, 3.63) is 100 Å². The quantitative estimate of drug-likeness (QED) is 0.281. The number of nitrogens with zero attached hydrogens (tertiary/aromatic N) is 6. The molecule has 0 radical (unpaired) electrons. The van der Waals surface area contributed by atoms with Gasteiger partial charge in [-0.1, -0.05) is 6.07 Å². The van der Waals surface area contributed by atoms with E-state index >= 15 is 0 Å². The third kappa shape index (κ3) is 4.52. The molecule has 1 atom stereocenters. The molecule has 41 heavy (non-hydrogen) atoms. The molecule has 1 amide bonds. The van der Waals surface area contributed by atoms with Crippen LogP contribution in [0.15, 0.2) is 73.2 Å². The second-order valence-electron chi connectivity index (χ2n) is 10.2. The molecule has 0 aliphatic heterocycles. The Morgan fingerprint density at radius 3 is 2.71 bits per heavy atom. The van der Waals surface area contributed by atoms with Crippen LogP contribution in [0.2, 0.25) is 0 Å². The van der Waals surface area contributed by atoms with Crippen LogP contribution in [-0.2, 0) is 6.42 Å². The molecule has 9 nitrogen and oxygen atoms in total. The van der Waals surface area contributed by atoms with Crippen molar-refractivity contribution in [2.75, 3.05) is 5.73 Å². The standard InChI is InChI=1S/C31H26N8OS/c1-17-5-6-20(16-34-17)30(40)38-24-10-7-19-14-21(8-9-22(19)24)39-28(23-4-3-13-33-27(23)32)36-25-11-12-26(37-29(25)39)31-35-15-18(2)41-31/h3-6,8-9,11-16,24H,7,10H2,1-2H3,(H2,32,33)(H,38,40)/t24-/m0/s1. The lowest BCUT2D eigenvalue weighted by molar-refractivity contribution is 0.0936. The zero-order valence-electron chi connectivity index (χ0n) is 22.5. The van der Waals surface area contributed by atoms with Gasteiger partial charge in [0.05, 0.1) is 17.2 Å². The summed E-state index contributed by atoms with van der Waals surface area (Å²) < 4.78 is 2.04. The number of pyridine rings is 3. The number of anilines is 1. The molecule has 6 aromatic rings. The first-order chi connectivity index (χ1) is 19.9. The number of carbonyl (C=O) groups excluding carboxylic acids is 1. The number of nitrogens with one attached hydrogen (secondary N) is 1. The molecule has 1 aliphatic carbocycles. The largest absolute Gasteiger partial charge is 0.383 e. The fourth-order valence-corrected chi connectivity index (χ4v) is 6.05. The van der Waals surface area contributed by atoms with Gasteiger partial charge in [0, 0.05) is 34.8 Å². The van der Waals surface area contributed by atoms with E-state index < -0.39 is 0 Å². The van der Waals surface area contributed by atoms with E-state index in [4.69, 9.17) is 15.7 Å². The highest BCUT2D eigenvalue weighted by Gasteiger charge is 2.26. The molecule has 0 unspecified atom stereocenters. The fraction of sp³-hybridized carbons (Fsp3) is 0.161. The highest BCUT2D eigenvalue weighted by atomic mass is 32.1. The van der Waals surface area contributed by atoms with Crippen LogP contribution in [0.3, 0.4) is 0 Å². The summed E-state index contributed by atoms with van der Waals surface area (Å²) in [5.74, 6) is 0.943. The molecular weight excluding hydrogens is 532 g/mol. The highest BCUT2D eigenvalue weighted by Crippen LogP contribution is 2.36. The Hall–Kier alpha value is -4.96. The maximum atomic E-state index is 12.9. The number of amides is 1. The molecule has 1 aliphatic rings. The maximum absolute atomic E-state index is 12.9. The first-order valence-electron chi connectivity index (χ1n) is 13.3. The van der Waals surface area contributed by atoms with E-state index in [1.54, 1.807) is 29.8 Å². The molecule has 0 saturated heterocycles. The summed E-state index contributed by atoms with van der Waals surface area (Å²) in [5.41, 5.74) is 13.9. The van der Waals surface area contributed by atoms with Crippen LogP contribution in [-0.4, -0.2) is 35.4 Å². The number of thiazole rings is 1. The summed E-state index contributed by atoms with van der Waals surface area (Å²) in [4.78, 5) is 37.1. The van der Waals surface area contributed by atoms with E-state index in [2.05, 4.69) is 38.5 Å². The molecule has 3 N–H and O–H groups in total. The van der Waals surface area contributed by atoms with Gasteiger partial charge < -0.3 is 11.1 Å². The minimum atomic E-state index is -0.122. The Morgan fingerprint density at radius 2 is 1.93 bits per heavy atom. The van der Waals surface area contributed by atoms with Gasteiger partial charge in [-0.25, -0.2) is 19.9 Å². The number of rotatable bonds is 5. The second-order valence-corrected chi connectivity index (χ2v) is 11.4. The normalized spacial score (nSPS) is 14.3. The molecule has 0 fully saturated rings. The number of benzene rings is 1. The number of nitrogen functional groups attached to an aromatic ring is 1. The van der Waals surface area contributed by atoms with Crippen LogP contribution in [0.5, 0.6) is 0 Å². The third-order valence-corrected chi connectivity index (χ3v) is 8.30. The van der Waals surface area contributed by atoms with Gasteiger partial charge in [0.25, 0.3) is 5.91 Å². The molecule has 0 bridgehead atoms. The van der Waals surface area contributed by atoms with Crippen molar-refractivity contribution in [1.29, 1.82) is 0 Å². The highest BCUT2D eigenvalue weighted by molar-refractivity contribution is 7.14. The number of hydrogen-bond acceptors (Lipinski definition) is 8. The molecule has 5 heterocycles. The summed E-state index contributed by atoms with van der Waals surface area (Å²) in [6, 6.07) is 17.6. The van der Waals surface area contributed by atoms with Crippen LogP contribution >= 0.6 is 11.3 Å². The van der Waals surface area contributed by atoms with Crippen molar-refractivity contribution < 1.29 is 4.79 Å². The molecule has 0 spiro atoms. The van der Waals surface area contributed by atoms with Crippen molar-refractivity contribution in [1.82, 2.24) is 34.8 Å². The first-order valence-corrected chi connectivity index (χ1v) is 14.2. The Morgan fingerprint density at radius 1 is 1.02 bits per heavy atom. The molecule has 5 aromatic heterocycles. The van der Waals surface area contributed by atoms with Crippen molar-refractivity contribution in [3.8, 4) is 27.8 Å². The van der Waals surface area contributed by atoms with E-state index in [0.29, 0.717) is 22.9 Å². The lowest BCUT2D eigenvalue weighted by atomic mass is 10.1. The predicted molar refractivity (Wildman–Crippen MR) is 160 cm³/mol. The molecular formula is C31H26N8OS. The van der Waals surface area contributed by atoms with Crippen molar-refractivity contribution in [2.45, 2.75) is 32.7 Å². The number of imidazole rings is 1. The van der Waals surface area contributed by atoms with Crippen LogP contribution in [0.25, 0.3) is 38.9 Å². The van der Waals surface area contributed by atoms with E-state index in [0.717, 1.165) is 56.4 Å². The summed E-state index contributed by atoms with van der Waals surface area (Å²) in [5, 5.41) is 4.04. The van der Waals surface area contributed by atoms with Crippen LogP contribution in [0, 0.1) is 13.8 Å². The van der Waals surface area contributed by atoms with Gasteiger partial charge in [0.2, 0.25) is 0 Å². The van der Waals surface area contributed by atoms with E-state index in [1.165, 1.54) is 5.56 Å². The Labute approximate surface area is 240 Å². The Bertz CT molecular complexity index is 1940. The van der Waals surface area contributed by atoms with Crippen molar-refractivity contribution in [2.24, 2.45) is 0 Å². The zero-order chi connectivity index (χ0) is 28.1. The number of nitrogens with two attached hydrogens (primary N) is 1. The smallest absolute Gasteiger partial charge is 0.253 e. The minimum absolute atomic E-state index is 0.0707. The van der Waals surface area contributed by atoms with Crippen LogP contribution in [0.1, 0.15) is 44.5 Å². The summed E-state index contributed by atoms with van der Waals surface area (Å²) in [6.07, 6.45) is 6.81. The average Bonchev–Trinajstić information content (AvgIpc) is 3.70. The van der Waals surface area contributed by atoms with Crippen LogP contribution in [0.4, 0.5) is 5.82 Å². The fourth-order valence-electron chi connectivity index (χ4n) is 5.32. The Balaban J connectivity index is 1.31. The molecule has 1 aromatic carbocycles. The Kier molecular flexibility index (Phi) is 6.05. The van der Waals surface area contributed by atoms with Gasteiger partial charge in [0.1, 0.15) is 22.0 Å².